The minimum absolute atomic E-state index is 0.0365. The number of aromatic hydroxyl groups is 1. The van der Waals surface area contributed by atoms with Crippen LogP contribution in [0.2, 0.25) is 0 Å². The molecule has 0 bridgehead atoms. The summed E-state index contributed by atoms with van der Waals surface area (Å²) in [5.74, 6) is 1.19. The van der Waals surface area contributed by atoms with Crippen molar-refractivity contribution in [1.82, 2.24) is 0 Å². The van der Waals surface area contributed by atoms with Crippen molar-refractivity contribution >= 4 is 0 Å². The first-order valence-electron chi connectivity index (χ1n) is 9.23. The van der Waals surface area contributed by atoms with Crippen molar-refractivity contribution in [3.05, 3.63) is 34.9 Å². The zero-order valence-electron chi connectivity index (χ0n) is 15.3. The summed E-state index contributed by atoms with van der Waals surface area (Å²) in [5, 5.41) is 21.3. The Hall–Kier alpha value is -1.48. The highest BCUT2D eigenvalue weighted by atomic mass is 16.5. The molecule has 0 saturated heterocycles. The van der Waals surface area contributed by atoms with Gasteiger partial charge in [-0.05, 0) is 57.7 Å². The largest absolute Gasteiger partial charge is 0.508 e. The Morgan fingerprint density at radius 1 is 1.25 bits per heavy atom. The molecule has 1 aliphatic carbocycles. The van der Waals surface area contributed by atoms with Gasteiger partial charge < -0.3 is 14.9 Å². The fourth-order valence-electron chi connectivity index (χ4n) is 4.55. The molecule has 2 N–H and O–H groups in total. The number of fused-ring (bicyclic) bond motifs is 3. The lowest BCUT2D eigenvalue weighted by Crippen LogP contribution is -2.51. The molecule has 0 fully saturated rings. The van der Waals surface area contributed by atoms with Crippen LogP contribution in [-0.4, -0.2) is 21.9 Å². The molecular formula is C21H30O3. The Morgan fingerprint density at radius 3 is 2.71 bits per heavy atom. The lowest BCUT2D eigenvalue weighted by atomic mass is 9.66. The molecule has 0 spiro atoms. The van der Waals surface area contributed by atoms with Crippen LogP contribution in [0.1, 0.15) is 70.4 Å². The van der Waals surface area contributed by atoms with Crippen molar-refractivity contribution in [2.75, 3.05) is 0 Å². The van der Waals surface area contributed by atoms with E-state index < -0.39 is 11.7 Å². The number of aliphatic hydroxyl groups is 1. The van der Waals surface area contributed by atoms with Gasteiger partial charge in [-0.2, -0.15) is 0 Å². The first-order valence-corrected chi connectivity index (χ1v) is 9.23. The fourth-order valence-corrected chi connectivity index (χ4v) is 4.55. The third kappa shape index (κ3) is 3.06. The first kappa shape index (κ1) is 17.3. The number of hydrogen-bond donors (Lipinski definition) is 2. The number of aryl methyl sites for hydroxylation is 1. The molecule has 3 rings (SSSR count). The lowest BCUT2D eigenvalue weighted by Gasteiger charge is -2.48. The van der Waals surface area contributed by atoms with Gasteiger partial charge in [0, 0.05) is 17.4 Å². The van der Waals surface area contributed by atoms with Gasteiger partial charge in [0.15, 0.2) is 0 Å². The summed E-state index contributed by atoms with van der Waals surface area (Å²) in [7, 11) is 0. The van der Waals surface area contributed by atoms with Crippen molar-refractivity contribution < 1.29 is 14.9 Å². The minimum atomic E-state index is -0.532. The lowest BCUT2D eigenvalue weighted by molar-refractivity contribution is -0.0457. The number of phenolic OH excluding ortho intramolecular Hbond substituents is 1. The summed E-state index contributed by atoms with van der Waals surface area (Å²) in [6.07, 6.45) is 6.76. The normalized spacial score (nSPS) is 27.7. The van der Waals surface area contributed by atoms with Crippen LogP contribution in [0, 0.1) is 5.92 Å². The van der Waals surface area contributed by atoms with Crippen molar-refractivity contribution in [1.29, 1.82) is 0 Å². The van der Waals surface area contributed by atoms with Gasteiger partial charge in [-0.15, -0.1) is 0 Å². The Bertz CT molecular complexity index is 645. The topological polar surface area (TPSA) is 49.7 Å². The monoisotopic (exact) mass is 330 g/mol. The molecule has 2 aliphatic rings. The number of rotatable bonds is 4. The molecule has 1 unspecified atom stereocenters. The van der Waals surface area contributed by atoms with Crippen LogP contribution in [0.5, 0.6) is 11.5 Å². The van der Waals surface area contributed by atoms with E-state index >= 15 is 0 Å². The predicted molar refractivity (Wildman–Crippen MR) is 96.7 cm³/mol. The van der Waals surface area contributed by atoms with E-state index in [0.29, 0.717) is 5.75 Å². The molecule has 24 heavy (non-hydrogen) atoms. The third-order valence-electron chi connectivity index (χ3n) is 5.59. The number of allylic oxidation sites excluding steroid dienone is 1. The van der Waals surface area contributed by atoms with Crippen LogP contribution in [-0.2, 0) is 6.42 Å². The van der Waals surface area contributed by atoms with Gasteiger partial charge in [0.2, 0.25) is 0 Å². The zero-order chi connectivity index (χ0) is 17.5. The average Bonchev–Trinajstić information content (AvgIpc) is 2.44. The van der Waals surface area contributed by atoms with E-state index in [9.17, 15) is 10.2 Å². The minimum Gasteiger partial charge on any atom is -0.508 e. The molecule has 0 amide bonds. The Labute approximate surface area is 145 Å². The number of unbranched alkanes of at least 4 members (excludes halogenated alkanes) is 2. The van der Waals surface area contributed by atoms with E-state index in [4.69, 9.17) is 4.74 Å². The second-order valence-corrected chi connectivity index (χ2v) is 8.03. The molecule has 1 aliphatic heterocycles. The van der Waals surface area contributed by atoms with Gasteiger partial charge in [-0.3, -0.25) is 0 Å². The second-order valence-electron chi connectivity index (χ2n) is 8.03. The molecule has 3 nitrogen and oxygen atoms in total. The van der Waals surface area contributed by atoms with Crippen LogP contribution in [0.15, 0.2) is 23.8 Å². The van der Waals surface area contributed by atoms with Crippen LogP contribution in [0.4, 0.5) is 0 Å². The van der Waals surface area contributed by atoms with Gasteiger partial charge in [-0.1, -0.05) is 31.4 Å². The average molecular weight is 330 g/mol. The third-order valence-corrected chi connectivity index (χ3v) is 5.59. The molecule has 0 radical (unpaired) electrons. The Kier molecular flexibility index (Phi) is 4.65. The molecule has 0 saturated carbocycles. The highest BCUT2D eigenvalue weighted by Crippen LogP contribution is 2.54. The van der Waals surface area contributed by atoms with Gasteiger partial charge >= 0.3 is 0 Å². The maximum Gasteiger partial charge on any atom is 0.127 e. The van der Waals surface area contributed by atoms with Crippen molar-refractivity contribution in [3.8, 4) is 11.5 Å². The maximum absolute atomic E-state index is 10.7. The van der Waals surface area contributed by atoms with Crippen LogP contribution in [0.3, 0.4) is 0 Å². The standard InChI is InChI=1S/C21H30O3/c1-5-6-7-8-14-11-16(22)19-15-9-13(2)10-17(23)20(15)21(3,4)24-18(19)12-14/h10-12,15,17,20,22-23H,5-9H2,1-4H3/t15-,17?,20-/m0/s1. The maximum atomic E-state index is 10.7. The van der Waals surface area contributed by atoms with Gasteiger partial charge in [-0.25, -0.2) is 0 Å². The zero-order valence-corrected chi connectivity index (χ0v) is 15.3. The predicted octanol–water partition coefficient (Wildman–Crippen LogP) is 4.71. The number of phenols is 1. The fraction of sp³-hybridized carbons (Fsp3) is 0.619. The summed E-state index contributed by atoms with van der Waals surface area (Å²) in [6.45, 7) is 8.34. The van der Waals surface area contributed by atoms with E-state index in [-0.39, 0.29) is 11.8 Å². The molecule has 1 aromatic rings. The quantitative estimate of drug-likeness (QED) is 0.621. The molecule has 3 heteroatoms. The van der Waals surface area contributed by atoms with Crippen molar-refractivity contribution in [3.63, 3.8) is 0 Å². The summed E-state index contributed by atoms with van der Waals surface area (Å²) < 4.78 is 6.27. The summed E-state index contributed by atoms with van der Waals surface area (Å²) in [5.41, 5.74) is 2.74. The number of ether oxygens (including phenoxy) is 1. The van der Waals surface area contributed by atoms with Crippen LogP contribution in [0.25, 0.3) is 0 Å². The molecule has 0 aromatic heterocycles. The first-order chi connectivity index (χ1) is 11.3. The Morgan fingerprint density at radius 2 is 2.00 bits per heavy atom. The smallest absolute Gasteiger partial charge is 0.127 e. The van der Waals surface area contributed by atoms with Crippen LogP contribution < -0.4 is 4.74 Å². The molecule has 132 valence electrons. The van der Waals surface area contributed by atoms with Gasteiger partial charge in [0.1, 0.15) is 17.1 Å². The molecule has 1 aromatic carbocycles. The highest BCUT2D eigenvalue weighted by Gasteiger charge is 2.49. The Balaban J connectivity index is 2.00. The van der Waals surface area contributed by atoms with E-state index in [1.807, 2.05) is 26.0 Å². The summed E-state index contributed by atoms with van der Waals surface area (Å²) in [4.78, 5) is 0. The van der Waals surface area contributed by atoms with Crippen LogP contribution >= 0.6 is 0 Å². The molecule has 1 heterocycles. The second kappa shape index (κ2) is 6.44. The number of aliphatic hydroxyl groups excluding tert-OH is 1. The van der Waals surface area contributed by atoms with E-state index in [0.717, 1.165) is 36.1 Å². The number of benzene rings is 1. The summed E-state index contributed by atoms with van der Waals surface area (Å²) in [6, 6.07) is 4.00. The van der Waals surface area contributed by atoms with E-state index in [1.54, 1.807) is 0 Å². The van der Waals surface area contributed by atoms with E-state index in [1.165, 1.54) is 18.4 Å². The summed E-state index contributed by atoms with van der Waals surface area (Å²) >= 11 is 0. The van der Waals surface area contributed by atoms with Crippen molar-refractivity contribution in [2.45, 2.75) is 77.4 Å². The molecule has 3 atom stereocenters. The highest BCUT2D eigenvalue weighted by molar-refractivity contribution is 5.53. The SMILES string of the molecule is CCCCCc1cc(O)c2c(c1)OC(C)(C)[C@@H]1C(O)C=C(C)C[C@@H]21. The van der Waals surface area contributed by atoms with Gasteiger partial charge in [0.25, 0.3) is 0 Å². The van der Waals surface area contributed by atoms with Gasteiger partial charge in [0.05, 0.1) is 6.10 Å². The number of hydrogen-bond acceptors (Lipinski definition) is 3. The van der Waals surface area contributed by atoms with E-state index in [2.05, 4.69) is 19.9 Å². The molecular weight excluding hydrogens is 300 g/mol. The van der Waals surface area contributed by atoms with Crippen molar-refractivity contribution in [2.24, 2.45) is 5.92 Å².